The normalized spacial score (nSPS) is 18.3. The second kappa shape index (κ2) is 4.97. The van der Waals surface area contributed by atoms with Crippen molar-refractivity contribution in [3.05, 3.63) is 64.5 Å². The first-order chi connectivity index (χ1) is 9.97. The fraction of sp³-hybridized carbons (Fsp3) is 0.235. The smallest absolute Gasteiger partial charge is 0.231 e. The highest BCUT2D eigenvalue weighted by atomic mass is 19.1. The molecule has 3 rings (SSSR count). The average molecular weight is 284 g/mol. The van der Waals surface area contributed by atoms with E-state index in [9.17, 15) is 9.18 Å². The zero-order valence-corrected chi connectivity index (χ0v) is 12.0. The maximum Gasteiger partial charge on any atom is 0.231 e. The van der Waals surface area contributed by atoms with E-state index in [1.54, 1.807) is 6.92 Å². The van der Waals surface area contributed by atoms with Gasteiger partial charge in [0.05, 0.1) is 17.6 Å². The summed E-state index contributed by atoms with van der Waals surface area (Å²) in [5.74, 6) is -0.831. The summed E-state index contributed by atoms with van der Waals surface area (Å²) in [5.41, 5.74) is 10.3. The third-order valence-corrected chi connectivity index (χ3v) is 4.04. The first-order valence-electron chi connectivity index (χ1n) is 6.93. The first-order valence-corrected chi connectivity index (χ1v) is 6.93. The Labute approximate surface area is 123 Å². The number of anilines is 1. The molecular weight excluding hydrogens is 267 g/mol. The molecule has 0 fully saturated rings. The Bertz CT molecular complexity index is 709. The number of nitrogens with two attached hydrogens (primary N) is 1. The molecule has 4 heteroatoms. The third kappa shape index (κ3) is 2.32. The largest absolute Gasteiger partial charge is 0.325 e. The molecule has 1 amide bonds. The number of benzene rings is 2. The number of rotatable bonds is 2. The third-order valence-electron chi connectivity index (χ3n) is 4.04. The molecule has 0 radical (unpaired) electrons. The number of halogens is 1. The Balaban J connectivity index is 2.09. The molecule has 0 saturated carbocycles. The molecule has 3 nitrogen and oxygen atoms in total. The summed E-state index contributed by atoms with van der Waals surface area (Å²) < 4.78 is 13.9. The van der Waals surface area contributed by atoms with Gasteiger partial charge in [-0.25, -0.2) is 4.39 Å². The van der Waals surface area contributed by atoms with Gasteiger partial charge >= 0.3 is 0 Å². The standard InChI is InChI=1S/C17H17FN2O/c1-9-3-5-11(6-4-9)15(19)14-8-12(18)7-13-10(2)17(21)20-16(13)14/h3-8,10,15H,19H2,1-2H3,(H,20,21). The molecule has 2 aromatic rings. The van der Waals surface area contributed by atoms with Gasteiger partial charge in [-0.3, -0.25) is 4.79 Å². The monoisotopic (exact) mass is 284 g/mol. The van der Waals surface area contributed by atoms with Crippen LogP contribution in [0.4, 0.5) is 10.1 Å². The van der Waals surface area contributed by atoms with E-state index in [4.69, 9.17) is 5.73 Å². The Hall–Kier alpha value is -2.20. The summed E-state index contributed by atoms with van der Waals surface area (Å²) in [5, 5.41) is 2.82. The minimum absolute atomic E-state index is 0.118. The second-order valence-corrected chi connectivity index (χ2v) is 5.56. The van der Waals surface area contributed by atoms with Gasteiger partial charge in [-0.2, -0.15) is 0 Å². The molecule has 1 aliphatic rings. The fourth-order valence-electron chi connectivity index (χ4n) is 2.71. The quantitative estimate of drug-likeness (QED) is 0.889. The van der Waals surface area contributed by atoms with Crippen LogP contribution in [0.1, 0.15) is 41.1 Å². The maximum absolute atomic E-state index is 13.9. The molecule has 0 aliphatic carbocycles. The molecule has 108 valence electrons. The van der Waals surface area contributed by atoms with Gasteiger partial charge in [-0.05, 0) is 37.1 Å². The van der Waals surface area contributed by atoms with Crippen LogP contribution >= 0.6 is 0 Å². The van der Waals surface area contributed by atoms with Crippen LogP contribution in [0.25, 0.3) is 0 Å². The summed E-state index contributed by atoms with van der Waals surface area (Å²) in [4.78, 5) is 11.8. The minimum Gasteiger partial charge on any atom is -0.325 e. The summed E-state index contributed by atoms with van der Waals surface area (Å²) in [6, 6.07) is 10.1. The summed E-state index contributed by atoms with van der Waals surface area (Å²) in [6.45, 7) is 3.76. The predicted molar refractivity (Wildman–Crippen MR) is 80.7 cm³/mol. The van der Waals surface area contributed by atoms with Crippen LogP contribution in [0.2, 0.25) is 0 Å². The van der Waals surface area contributed by atoms with Crippen LogP contribution in [0.3, 0.4) is 0 Å². The van der Waals surface area contributed by atoms with Gasteiger partial charge in [0.15, 0.2) is 0 Å². The van der Waals surface area contributed by atoms with Crippen molar-refractivity contribution in [2.45, 2.75) is 25.8 Å². The van der Waals surface area contributed by atoms with Crippen molar-refractivity contribution in [3.8, 4) is 0 Å². The van der Waals surface area contributed by atoms with Crippen molar-refractivity contribution in [1.82, 2.24) is 0 Å². The number of carbonyl (C=O) groups excluding carboxylic acids is 1. The lowest BCUT2D eigenvalue weighted by Gasteiger charge is -2.17. The van der Waals surface area contributed by atoms with Crippen LogP contribution in [0.5, 0.6) is 0 Å². The second-order valence-electron chi connectivity index (χ2n) is 5.56. The lowest BCUT2D eigenvalue weighted by Crippen LogP contribution is -2.15. The number of carbonyl (C=O) groups is 1. The van der Waals surface area contributed by atoms with Crippen LogP contribution in [-0.4, -0.2) is 5.91 Å². The highest BCUT2D eigenvalue weighted by molar-refractivity contribution is 6.03. The lowest BCUT2D eigenvalue weighted by atomic mass is 9.93. The minimum atomic E-state index is -0.472. The van der Waals surface area contributed by atoms with Crippen LogP contribution in [-0.2, 0) is 4.79 Å². The molecule has 0 saturated heterocycles. The van der Waals surface area contributed by atoms with E-state index in [1.807, 2.05) is 31.2 Å². The Kier molecular flexibility index (Phi) is 3.26. The van der Waals surface area contributed by atoms with Gasteiger partial charge in [-0.1, -0.05) is 29.8 Å². The van der Waals surface area contributed by atoms with Gasteiger partial charge in [-0.15, -0.1) is 0 Å². The number of amides is 1. The van der Waals surface area contributed by atoms with Crippen molar-refractivity contribution in [2.24, 2.45) is 5.73 Å². The maximum atomic E-state index is 13.9. The average Bonchev–Trinajstić information content (AvgIpc) is 2.74. The predicted octanol–water partition coefficient (Wildman–Crippen LogP) is 3.24. The SMILES string of the molecule is Cc1ccc(C(N)c2cc(F)cc3c2NC(=O)C3C)cc1. The Morgan fingerprint density at radius 2 is 1.90 bits per heavy atom. The summed E-state index contributed by atoms with van der Waals surface area (Å²) in [6.07, 6.45) is 0. The molecule has 0 aromatic heterocycles. The summed E-state index contributed by atoms with van der Waals surface area (Å²) >= 11 is 0. The molecule has 0 spiro atoms. The molecule has 1 heterocycles. The summed E-state index contributed by atoms with van der Waals surface area (Å²) in [7, 11) is 0. The molecule has 1 aliphatic heterocycles. The number of nitrogens with one attached hydrogen (secondary N) is 1. The van der Waals surface area contributed by atoms with E-state index in [1.165, 1.54) is 12.1 Å². The molecule has 2 unspecified atom stereocenters. The van der Waals surface area contributed by atoms with Crippen LogP contribution in [0.15, 0.2) is 36.4 Å². The molecule has 2 atom stereocenters. The fourth-order valence-corrected chi connectivity index (χ4v) is 2.71. The zero-order chi connectivity index (χ0) is 15.1. The van der Waals surface area contributed by atoms with Crippen LogP contribution < -0.4 is 11.1 Å². The number of hydrogen-bond donors (Lipinski definition) is 2. The molecule has 2 aromatic carbocycles. The number of aryl methyl sites for hydroxylation is 1. The Morgan fingerprint density at radius 3 is 2.57 bits per heavy atom. The Morgan fingerprint density at radius 1 is 1.24 bits per heavy atom. The van der Waals surface area contributed by atoms with Crippen molar-refractivity contribution in [1.29, 1.82) is 0 Å². The van der Waals surface area contributed by atoms with E-state index >= 15 is 0 Å². The van der Waals surface area contributed by atoms with Crippen molar-refractivity contribution in [3.63, 3.8) is 0 Å². The van der Waals surface area contributed by atoms with E-state index < -0.39 is 6.04 Å². The van der Waals surface area contributed by atoms with E-state index in [2.05, 4.69) is 5.32 Å². The van der Waals surface area contributed by atoms with Crippen LogP contribution in [0, 0.1) is 12.7 Å². The first kappa shape index (κ1) is 13.8. The van der Waals surface area contributed by atoms with Gasteiger partial charge < -0.3 is 11.1 Å². The molecule has 3 N–H and O–H groups in total. The van der Waals surface area contributed by atoms with Crippen molar-refractivity contribution < 1.29 is 9.18 Å². The van der Waals surface area contributed by atoms with Gasteiger partial charge in [0.25, 0.3) is 0 Å². The van der Waals surface area contributed by atoms with Gasteiger partial charge in [0, 0.05) is 5.56 Å². The molecular formula is C17H17FN2O. The topological polar surface area (TPSA) is 55.1 Å². The van der Waals surface area contributed by atoms with Gasteiger partial charge in [0.2, 0.25) is 5.91 Å². The molecule has 0 bridgehead atoms. The van der Waals surface area contributed by atoms with E-state index in [0.29, 0.717) is 16.8 Å². The van der Waals surface area contributed by atoms with Crippen molar-refractivity contribution >= 4 is 11.6 Å². The number of fused-ring (bicyclic) bond motifs is 1. The lowest BCUT2D eigenvalue weighted by molar-refractivity contribution is -0.116. The number of hydrogen-bond acceptors (Lipinski definition) is 2. The molecule has 21 heavy (non-hydrogen) atoms. The highest BCUT2D eigenvalue weighted by Crippen LogP contribution is 2.39. The van der Waals surface area contributed by atoms with Gasteiger partial charge in [0.1, 0.15) is 5.82 Å². The highest BCUT2D eigenvalue weighted by Gasteiger charge is 2.31. The zero-order valence-electron chi connectivity index (χ0n) is 12.0. The van der Waals surface area contributed by atoms with E-state index in [-0.39, 0.29) is 17.6 Å². The van der Waals surface area contributed by atoms with Crippen molar-refractivity contribution in [2.75, 3.05) is 5.32 Å². The van der Waals surface area contributed by atoms with E-state index in [0.717, 1.165) is 11.1 Å².